The van der Waals surface area contributed by atoms with Gasteiger partial charge >= 0.3 is 0 Å². The first-order valence-electron chi connectivity index (χ1n) is 30.7. The number of rotatable bonds is 25. The third-order valence-corrected chi connectivity index (χ3v) is 17.8. The number of likely N-dealkylation sites (N-methyl/N-ethyl adjacent to an activating group) is 1. The van der Waals surface area contributed by atoms with Crippen LogP contribution in [0.2, 0.25) is 0 Å². The molecule has 0 saturated carbocycles. The van der Waals surface area contributed by atoms with Crippen LogP contribution in [0.25, 0.3) is 16.5 Å². The van der Waals surface area contributed by atoms with Gasteiger partial charge in [0.15, 0.2) is 23.0 Å². The summed E-state index contributed by atoms with van der Waals surface area (Å²) in [6.07, 6.45) is 20.9. The Balaban J connectivity index is 0.000000199. The number of phenolic OH excluding ortho intramolecular Hbond substituents is 3. The first-order valence-corrected chi connectivity index (χ1v) is 30.7. The van der Waals surface area contributed by atoms with Crippen LogP contribution in [-0.4, -0.2) is 100 Å². The highest BCUT2D eigenvalue weighted by Crippen LogP contribution is 2.45. The minimum atomic E-state index is -0.115. The molecule has 0 radical (unpaired) electrons. The van der Waals surface area contributed by atoms with E-state index in [1.54, 1.807) is 24.3 Å². The van der Waals surface area contributed by atoms with Crippen molar-refractivity contribution < 1.29 is 43.9 Å². The van der Waals surface area contributed by atoms with Gasteiger partial charge in [0.25, 0.3) is 0 Å². The van der Waals surface area contributed by atoms with E-state index in [1.807, 2.05) is 18.7 Å². The number of nitrogens with zero attached hydrogens (tertiary/aromatic N) is 2. The van der Waals surface area contributed by atoms with Crippen molar-refractivity contribution in [1.82, 2.24) is 14.8 Å². The summed E-state index contributed by atoms with van der Waals surface area (Å²) in [5.74, 6) is 4.84. The van der Waals surface area contributed by atoms with Gasteiger partial charge in [0.05, 0.1) is 26.6 Å². The van der Waals surface area contributed by atoms with Crippen LogP contribution in [0.5, 0.6) is 34.5 Å². The number of phenols is 3. The van der Waals surface area contributed by atoms with Gasteiger partial charge in [-0.1, -0.05) is 103 Å². The van der Waals surface area contributed by atoms with Crippen LogP contribution >= 0.6 is 0 Å². The van der Waals surface area contributed by atoms with Crippen LogP contribution in [0.1, 0.15) is 176 Å². The summed E-state index contributed by atoms with van der Waals surface area (Å²) >= 11 is 0. The number of methoxy groups -OCH3 is 2. The Labute approximate surface area is 491 Å². The summed E-state index contributed by atoms with van der Waals surface area (Å²) in [6.45, 7) is 24.4. The maximum atomic E-state index is 12.9. The van der Waals surface area contributed by atoms with E-state index in [0.29, 0.717) is 36.1 Å². The zero-order chi connectivity index (χ0) is 59.8. The summed E-state index contributed by atoms with van der Waals surface area (Å²) in [5.41, 5.74) is 11.2. The summed E-state index contributed by atoms with van der Waals surface area (Å²) in [7, 11) is 5.08. The van der Waals surface area contributed by atoms with E-state index in [-0.39, 0.29) is 59.8 Å². The summed E-state index contributed by atoms with van der Waals surface area (Å²) in [6, 6.07) is 16.7. The van der Waals surface area contributed by atoms with Gasteiger partial charge in [0.1, 0.15) is 28.7 Å². The lowest BCUT2D eigenvalue weighted by Crippen LogP contribution is -2.47. The Kier molecular flexibility index (Phi) is 24.0. The summed E-state index contributed by atoms with van der Waals surface area (Å²) in [5, 5.41) is 30.9. The largest absolute Gasteiger partial charge is 0.507 e. The second-order valence-corrected chi connectivity index (χ2v) is 24.6. The van der Waals surface area contributed by atoms with E-state index in [1.165, 1.54) is 111 Å². The first-order chi connectivity index (χ1) is 39.1. The average molecular weight is 1130 g/mol. The van der Waals surface area contributed by atoms with E-state index in [4.69, 9.17) is 14.2 Å². The van der Waals surface area contributed by atoms with Crippen LogP contribution in [-0.2, 0) is 40.1 Å². The van der Waals surface area contributed by atoms with Gasteiger partial charge in [0, 0.05) is 61.2 Å². The fraction of sp³-hybridized carbons (Fsp3) is 0.557. The fourth-order valence-electron chi connectivity index (χ4n) is 12.4. The molecule has 0 spiro atoms. The summed E-state index contributed by atoms with van der Waals surface area (Å²) in [4.78, 5) is 44.7. The normalized spacial score (nSPS) is 17.9. The third-order valence-electron chi connectivity index (χ3n) is 17.8. The zero-order valence-corrected chi connectivity index (χ0v) is 52.1. The van der Waals surface area contributed by atoms with Crippen LogP contribution < -0.4 is 14.2 Å². The van der Waals surface area contributed by atoms with E-state index in [2.05, 4.69) is 103 Å². The number of ether oxygens (including phenoxy) is 3. The van der Waals surface area contributed by atoms with Crippen molar-refractivity contribution in [3.05, 3.63) is 111 Å². The first kappa shape index (κ1) is 64.9. The number of aryl methyl sites for hydroxylation is 2. The number of aromatic hydroxyl groups is 3. The van der Waals surface area contributed by atoms with Crippen LogP contribution in [0.15, 0.2) is 66.9 Å². The Morgan fingerprint density at radius 1 is 0.780 bits per heavy atom. The van der Waals surface area contributed by atoms with Gasteiger partial charge in [-0.2, -0.15) is 0 Å². The number of fused-ring (bicyclic) bond motifs is 3. The molecule has 448 valence electrons. The van der Waals surface area contributed by atoms with Crippen molar-refractivity contribution >= 4 is 33.9 Å². The van der Waals surface area contributed by atoms with Crippen molar-refractivity contribution in [1.29, 1.82) is 0 Å². The van der Waals surface area contributed by atoms with Crippen LogP contribution in [0, 0.1) is 44.4 Å². The van der Waals surface area contributed by atoms with E-state index in [0.717, 1.165) is 96.6 Å². The lowest BCUT2D eigenvalue weighted by atomic mass is 9.79. The highest BCUT2D eigenvalue weighted by atomic mass is 16.5. The molecule has 0 fully saturated rings. The smallest absolute Gasteiger partial charge is 0.230 e. The van der Waals surface area contributed by atoms with Crippen LogP contribution in [0.3, 0.4) is 0 Å². The predicted octanol–water partition coefficient (Wildman–Crippen LogP) is 15.0. The molecular formula is C70H99N3O9. The van der Waals surface area contributed by atoms with Gasteiger partial charge in [-0.3, -0.25) is 19.3 Å². The number of hydrogen-bond acceptors (Lipinski definition) is 10. The van der Waals surface area contributed by atoms with Gasteiger partial charge in [-0.25, -0.2) is 0 Å². The lowest BCUT2D eigenvalue weighted by molar-refractivity contribution is -0.134. The second kappa shape index (κ2) is 30.3. The summed E-state index contributed by atoms with van der Waals surface area (Å²) < 4.78 is 16.7. The average Bonchev–Trinajstić information content (AvgIpc) is 2.80. The molecule has 3 aliphatic rings. The number of carbonyl (C=O) groups excluding carboxylic acids is 3. The number of carbonyl (C=O) groups is 3. The molecule has 8 rings (SSSR count). The topological polar surface area (TPSA) is 162 Å². The van der Waals surface area contributed by atoms with E-state index < -0.39 is 0 Å². The molecule has 0 unspecified atom stereocenters. The number of amides is 1. The molecule has 12 nitrogen and oxygen atoms in total. The van der Waals surface area contributed by atoms with Gasteiger partial charge in [-0.15, -0.1) is 0 Å². The van der Waals surface area contributed by atoms with Crippen molar-refractivity contribution in [2.45, 2.75) is 190 Å². The van der Waals surface area contributed by atoms with Crippen LogP contribution in [0.4, 0.5) is 0 Å². The van der Waals surface area contributed by atoms with E-state index >= 15 is 0 Å². The van der Waals surface area contributed by atoms with Crippen molar-refractivity contribution in [3.8, 4) is 34.5 Å². The molecule has 1 aromatic heterocycles. The fourth-order valence-corrected chi connectivity index (χ4v) is 12.4. The number of aromatic nitrogens is 1. The van der Waals surface area contributed by atoms with Gasteiger partial charge < -0.3 is 39.4 Å². The Hall–Kier alpha value is -6.27. The van der Waals surface area contributed by atoms with Crippen molar-refractivity contribution in [2.75, 3.05) is 40.9 Å². The molecule has 4 N–H and O–H groups in total. The quantitative estimate of drug-likeness (QED) is 0.0414. The number of Topliss-reactive ketones (excluding diaryl/α,β-unsaturated/α-hetero) is 2. The Morgan fingerprint density at radius 2 is 1.35 bits per heavy atom. The van der Waals surface area contributed by atoms with Crippen molar-refractivity contribution in [2.24, 2.45) is 23.7 Å². The molecule has 12 heteroatoms. The minimum absolute atomic E-state index is 0.0445. The molecule has 5 atom stereocenters. The molecule has 0 bridgehead atoms. The number of benzene rings is 4. The minimum Gasteiger partial charge on any atom is -0.507 e. The standard InChI is InChI=1S/C29H50O2.C21H24O6.C20H25N3O/c1-20(2)12-9-13-21(3)14-10-15-22(4)16-11-18-29(8)19-17-26-25(7)27(30)23(5)24(6)28(26)31-29;1-26-20-11-14(5-9-18(20)24)3-7-16(22)13-17(23)8-4-15-6-10-19(25)21(12-15)27-2;1-4-23(5-2)20(24)14-9-16-15-7-6-8-17-19(15)13(11-21-17)10-18(16)22(3)12-14/h20-22,30H,9-19H2,1-8H3;5-6,9-12,24-25H,3-4,7-8,13H2,1-2H3;6-9,11,14,18,21H,4-5,10,12H2,1-3H3/t21-,22-,29-;;14-,18-/m1.1/s1. The highest BCUT2D eigenvalue weighted by molar-refractivity contribution is 6.00. The monoisotopic (exact) mass is 1130 g/mol. The molecular weight excluding hydrogens is 1030 g/mol. The molecule has 1 amide bonds. The Bertz CT molecular complexity index is 2900. The lowest BCUT2D eigenvalue weighted by Gasteiger charge is -2.40. The zero-order valence-electron chi connectivity index (χ0n) is 52.1. The second-order valence-electron chi connectivity index (χ2n) is 24.6. The molecule has 0 saturated heterocycles. The molecule has 1 aliphatic carbocycles. The number of H-pyrrole nitrogens is 1. The molecule has 82 heavy (non-hydrogen) atoms. The van der Waals surface area contributed by atoms with E-state index in [9.17, 15) is 29.7 Å². The van der Waals surface area contributed by atoms with Gasteiger partial charge in [-0.05, 0) is 186 Å². The SMILES string of the molecule is CCN(CC)C(=O)[C@@H]1C=C2c3cccc4[nH]cc(c34)C[C@H]2N(C)C1.COc1cc(CCC(=O)CC(=O)CCc2ccc(O)c(OC)c2)ccc1O.Cc1c(C)c2c(c(C)c1O)CC[C@@](C)(CCC[C@H](C)CCC[C@H](C)CCCC(C)C)O2. The molecule has 3 heterocycles. The Morgan fingerprint density at radius 3 is 1.91 bits per heavy atom. The van der Waals surface area contributed by atoms with Crippen molar-refractivity contribution in [3.63, 3.8) is 0 Å². The number of aromatic amines is 1. The number of hydrogen-bond donors (Lipinski definition) is 4. The van der Waals surface area contributed by atoms with Gasteiger partial charge in [0.2, 0.25) is 5.91 Å². The molecule has 4 aromatic carbocycles. The maximum Gasteiger partial charge on any atom is 0.230 e. The maximum absolute atomic E-state index is 12.9. The molecule has 2 aliphatic heterocycles. The third kappa shape index (κ3) is 17.2. The predicted molar refractivity (Wildman–Crippen MR) is 333 cm³/mol. The number of ketones is 2. The molecule has 5 aromatic rings. The highest BCUT2D eigenvalue weighted by Gasteiger charge is 2.37. The number of nitrogens with one attached hydrogen (secondary N) is 1.